The second-order valence-corrected chi connectivity index (χ2v) is 7.79. The zero-order chi connectivity index (χ0) is 22.6. The van der Waals surface area contributed by atoms with Crippen LogP contribution in [0, 0.1) is 24.5 Å². The van der Waals surface area contributed by atoms with E-state index in [0.29, 0.717) is 22.6 Å². The number of benzene rings is 2. The number of unbranched alkanes of at least 4 members (excludes halogenated alkanes) is 2. The molecule has 1 aromatic heterocycles. The molecule has 0 fully saturated rings. The highest BCUT2D eigenvalue weighted by Gasteiger charge is 2.38. The van der Waals surface area contributed by atoms with Crippen LogP contribution in [0.25, 0.3) is 11.3 Å². The quantitative estimate of drug-likeness (QED) is 0.245. The summed E-state index contributed by atoms with van der Waals surface area (Å²) in [5, 5.41) is 0.408. The van der Waals surface area contributed by atoms with Gasteiger partial charge in [0.05, 0.1) is 5.69 Å². The third-order valence-electron chi connectivity index (χ3n) is 4.35. The molecule has 0 atom stereocenters. The van der Waals surface area contributed by atoms with Crippen molar-refractivity contribution in [2.45, 2.75) is 32.5 Å². The molecule has 0 N–H and O–H groups in total. The minimum absolute atomic E-state index is 0.0230. The van der Waals surface area contributed by atoms with E-state index in [2.05, 4.69) is 4.37 Å². The summed E-state index contributed by atoms with van der Waals surface area (Å²) in [7, 11) is 0. The van der Waals surface area contributed by atoms with E-state index in [9.17, 15) is 22.0 Å². The lowest BCUT2D eigenvalue weighted by molar-refractivity contribution is -0.135. The highest BCUT2D eigenvalue weighted by molar-refractivity contribution is 7.06. The van der Waals surface area contributed by atoms with Gasteiger partial charge in [-0.05, 0) is 60.6 Å². The first kappa shape index (κ1) is 23.5. The van der Waals surface area contributed by atoms with Gasteiger partial charge in [-0.1, -0.05) is 37.1 Å². The van der Waals surface area contributed by atoms with Gasteiger partial charge in [0.15, 0.2) is 17.4 Å². The topological polar surface area (TPSA) is 22.1 Å². The molecular formula is C22H17ClF5NOS. The Labute approximate surface area is 185 Å². The van der Waals surface area contributed by atoms with Crippen molar-refractivity contribution in [2.24, 2.45) is 0 Å². The molecule has 0 saturated carbocycles. The van der Waals surface area contributed by atoms with Crippen LogP contribution in [0.15, 0.2) is 36.4 Å². The Morgan fingerprint density at radius 2 is 1.74 bits per heavy atom. The van der Waals surface area contributed by atoms with Gasteiger partial charge in [-0.2, -0.15) is 17.5 Å². The van der Waals surface area contributed by atoms with Crippen LogP contribution in [0.2, 0.25) is 5.02 Å². The molecule has 0 aliphatic heterocycles. The van der Waals surface area contributed by atoms with E-state index >= 15 is 0 Å². The first-order chi connectivity index (χ1) is 14.7. The SMILES string of the molecule is CC[CH]C[CH]c1cc(F)c(OCc2c(-c3ccc(Cl)cc3)nsc2C(F)(F)F)c(F)c1. The van der Waals surface area contributed by atoms with Crippen LogP contribution in [0.1, 0.15) is 35.8 Å². The van der Waals surface area contributed by atoms with Crippen LogP contribution in [-0.4, -0.2) is 4.37 Å². The zero-order valence-corrected chi connectivity index (χ0v) is 17.8. The predicted octanol–water partition coefficient (Wildman–Crippen LogP) is 7.90. The van der Waals surface area contributed by atoms with E-state index < -0.39 is 35.0 Å². The molecular weight excluding hydrogens is 457 g/mol. The summed E-state index contributed by atoms with van der Waals surface area (Å²) in [4.78, 5) is -0.988. The predicted molar refractivity (Wildman–Crippen MR) is 111 cm³/mol. The monoisotopic (exact) mass is 473 g/mol. The molecule has 3 rings (SSSR count). The lowest BCUT2D eigenvalue weighted by atomic mass is 10.1. The average molecular weight is 474 g/mol. The summed E-state index contributed by atoms with van der Waals surface area (Å²) in [5.41, 5.74) is 0.427. The van der Waals surface area contributed by atoms with Crippen molar-refractivity contribution >= 4 is 23.1 Å². The molecule has 0 saturated heterocycles. The van der Waals surface area contributed by atoms with Gasteiger partial charge in [-0.15, -0.1) is 0 Å². The van der Waals surface area contributed by atoms with E-state index in [0.717, 1.165) is 18.6 Å². The van der Waals surface area contributed by atoms with Gasteiger partial charge in [0, 0.05) is 16.1 Å². The van der Waals surface area contributed by atoms with Crippen molar-refractivity contribution in [3.8, 4) is 17.0 Å². The van der Waals surface area contributed by atoms with Crippen molar-refractivity contribution in [1.82, 2.24) is 4.37 Å². The van der Waals surface area contributed by atoms with Gasteiger partial charge in [0.25, 0.3) is 0 Å². The van der Waals surface area contributed by atoms with E-state index in [1.807, 2.05) is 13.3 Å². The maximum atomic E-state index is 14.4. The van der Waals surface area contributed by atoms with E-state index in [-0.39, 0.29) is 22.8 Å². The highest BCUT2D eigenvalue weighted by atomic mass is 35.5. The molecule has 0 aliphatic carbocycles. The van der Waals surface area contributed by atoms with Crippen LogP contribution in [-0.2, 0) is 12.8 Å². The van der Waals surface area contributed by atoms with Gasteiger partial charge < -0.3 is 4.74 Å². The number of hydrogen-bond acceptors (Lipinski definition) is 3. The Morgan fingerprint density at radius 1 is 1.10 bits per heavy atom. The van der Waals surface area contributed by atoms with Crippen LogP contribution in [0.5, 0.6) is 5.75 Å². The smallest absolute Gasteiger partial charge is 0.427 e. The Bertz CT molecular complexity index is 1010. The number of ether oxygens (including phenoxy) is 1. The zero-order valence-electron chi connectivity index (χ0n) is 16.3. The Kier molecular flexibility index (Phi) is 7.54. The van der Waals surface area contributed by atoms with Crippen molar-refractivity contribution in [3.63, 3.8) is 0 Å². The third kappa shape index (κ3) is 5.74. The van der Waals surface area contributed by atoms with Crippen molar-refractivity contribution < 1.29 is 26.7 Å². The number of alkyl halides is 3. The van der Waals surface area contributed by atoms with Gasteiger partial charge >= 0.3 is 6.18 Å². The third-order valence-corrected chi connectivity index (χ3v) is 5.54. The number of nitrogens with zero attached hydrogens (tertiary/aromatic N) is 1. The fourth-order valence-electron chi connectivity index (χ4n) is 2.87. The summed E-state index contributed by atoms with van der Waals surface area (Å²) >= 11 is 6.09. The van der Waals surface area contributed by atoms with Crippen LogP contribution in [0.4, 0.5) is 22.0 Å². The Morgan fingerprint density at radius 3 is 2.32 bits per heavy atom. The second-order valence-electron chi connectivity index (χ2n) is 6.58. The van der Waals surface area contributed by atoms with Crippen LogP contribution >= 0.6 is 23.1 Å². The molecule has 0 unspecified atom stereocenters. The van der Waals surface area contributed by atoms with Crippen molar-refractivity contribution in [3.05, 3.63) is 81.9 Å². The summed E-state index contributed by atoms with van der Waals surface area (Å²) in [5.74, 6) is -2.72. The lowest BCUT2D eigenvalue weighted by Crippen LogP contribution is -2.09. The number of rotatable bonds is 8. The molecule has 164 valence electrons. The van der Waals surface area contributed by atoms with Crippen molar-refractivity contribution in [1.29, 1.82) is 0 Å². The molecule has 2 radical (unpaired) electrons. The molecule has 2 aromatic carbocycles. The largest absolute Gasteiger partial charge is 0.483 e. The first-order valence-corrected chi connectivity index (χ1v) is 10.4. The summed E-state index contributed by atoms with van der Waals surface area (Å²) in [6, 6.07) is 8.22. The van der Waals surface area contributed by atoms with Gasteiger partial charge in [0.1, 0.15) is 11.5 Å². The van der Waals surface area contributed by atoms with Crippen LogP contribution in [0.3, 0.4) is 0 Å². The number of halogens is 6. The Balaban J connectivity index is 1.89. The van der Waals surface area contributed by atoms with Gasteiger partial charge in [-0.3, -0.25) is 0 Å². The molecule has 2 nitrogen and oxygen atoms in total. The molecule has 0 aliphatic rings. The minimum Gasteiger partial charge on any atom is -0.483 e. The molecule has 9 heteroatoms. The standard InChI is InChI=1S/C22H17ClF5NOS/c1-2-3-4-5-13-10-17(24)20(18(25)11-13)30-12-16-19(14-6-8-15(23)9-7-14)29-31-21(16)22(26,27)28/h3,5-11H,2,4,12H2,1H3. The van der Waals surface area contributed by atoms with E-state index in [1.54, 1.807) is 6.42 Å². The summed E-state index contributed by atoms with van der Waals surface area (Å²) in [6.07, 6.45) is 0.237. The van der Waals surface area contributed by atoms with Crippen molar-refractivity contribution in [2.75, 3.05) is 0 Å². The molecule has 0 spiro atoms. The first-order valence-electron chi connectivity index (χ1n) is 9.29. The highest BCUT2D eigenvalue weighted by Crippen LogP contribution is 2.40. The average Bonchev–Trinajstić information content (AvgIpc) is 3.12. The number of aromatic nitrogens is 1. The molecule has 1 heterocycles. The normalized spacial score (nSPS) is 11.7. The molecule has 3 aromatic rings. The Hall–Kier alpha value is -2.19. The van der Waals surface area contributed by atoms with Gasteiger partial charge in [0.2, 0.25) is 0 Å². The molecule has 31 heavy (non-hydrogen) atoms. The van der Waals surface area contributed by atoms with Crippen LogP contribution < -0.4 is 4.74 Å². The summed E-state index contributed by atoms with van der Waals surface area (Å²) in [6.45, 7) is 1.24. The molecule has 0 bridgehead atoms. The second kappa shape index (κ2) is 9.96. The maximum absolute atomic E-state index is 14.4. The summed E-state index contributed by atoms with van der Waals surface area (Å²) < 4.78 is 78.3. The van der Waals surface area contributed by atoms with Gasteiger partial charge in [-0.25, -0.2) is 8.78 Å². The number of hydrogen-bond donors (Lipinski definition) is 0. The minimum atomic E-state index is -4.69. The lowest BCUT2D eigenvalue weighted by Gasteiger charge is -2.13. The molecule has 0 amide bonds. The van der Waals surface area contributed by atoms with E-state index in [4.69, 9.17) is 16.3 Å². The fraction of sp³-hybridized carbons (Fsp3) is 0.227. The van der Waals surface area contributed by atoms with E-state index in [1.165, 1.54) is 24.3 Å². The fourth-order valence-corrected chi connectivity index (χ4v) is 3.76. The maximum Gasteiger partial charge on any atom is 0.427 e.